The topological polar surface area (TPSA) is 90.7 Å². The molecule has 0 aliphatic carbocycles. The molecule has 1 fully saturated rings. The van der Waals surface area contributed by atoms with Gasteiger partial charge >= 0.3 is 0 Å². The third-order valence-corrected chi connectivity index (χ3v) is 4.27. The molecule has 2 rings (SSSR count). The highest BCUT2D eigenvalue weighted by Crippen LogP contribution is 2.25. The van der Waals surface area contributed by atoms with E-state index in [1.54, 1.807) is 13.0 Å². The Balaban J connectivity index is 2.15. The number of anilines is 1. The van der Waals surface area contributed by atoms with Gasteiger partial charge in [-0.05, 0) is 38.5 Å². The van der Waals surface area contributed by atoms with E-state index in [-0.39, 0.29) is 10.9 Å². The van der Waals surface area contributed by atoms with Gasteiger partial charge in [0.05, 0.1) is 24.2 Å². The van der Waals surface area contributed by atoms with Gasteiger partial charge < -0.3 is 14.8 Å². The Morgan fingerprint density at radius 2 is 1.90 bits per heavy atom. The molecule has 0 atom stereocenters. The van der Waals surface area contributed by atoms with Gasteiger partial charge in [0.25, 0.3) is 0 Å². The van der Waals surface area contributed by atoms with Gasteiger partial charge in [0.1, 0.15) is 0 Å². The van der Waals surface area contributed by atoms with E-state index >= 15 is 0 Å². The molecule has 3 N–H and O–H groups in total. The predicted molar refractivity (Wildman–Crippen MR) is 75.9 cm³/mol. The molecule has 0 bridgehead atoms. The van der Waals surface area contributed by atoms with Crippen molar-refractivity contribution < 1.29 is 17.9 Å². The zero-order valence-electron chi connectivity index (χ0n) is 11.8. The maximum atomic E-state index is 11.5. The normalized spacial score (nSPS) is 19.8. The van der Waals surface area contributed by atoms with Crippen LogP contribution in [0, 0.1) is 6.92 Å². The highest BCUT2D eigenvalue weighted by atomic mass is 32.2. The molecule has 1 aliphatic rings. The van der Waals surface area contributed by atoms with Gasteiger partial charge in [-0.25, -0.2) is 13.6 Å². The molecule has 0 unspecified atom stereocenters. The van der Waals surface area contributed by atoms with Gasteiger partial charge in [-0.3, -0.25) is 0 Å². The van der Waals surface area contributed by atoms with Crippen LogP contribution in [0.25, 0.3) is 0 Å². The summed E-state index contributed by atoms with van der Waals surface area (Å²) in [5.74, 6) is -0.574. The predicted octanol–water partition coefficient (Wildman–Crippen LogP) is 1.21. The minimum absolute atomic E-state index is 0.0301. The number of nitrogens with two attached hydrogens (primary N) is 1. The maximum absolute atomic E-state index is 11.5. The fraction of sp³-hybridized carbons (Fsp3) is 0.538. The summed E-state index contributed by atoms with van der Waals surface area (Å²) >= 11 is 0. The zero-order valence-corrected chi connectivity index (χ0v) is 12.7. The number of nitrogens with one attached hydrogen (secondary N) is 1. The first kappa shape index (κ1) is 15.2. The van der Waals surface area contributed by atoms with E-state index in [1.165, 1.54) is 6.07 Å². The van der Waals surface area contributed by atoms with Crippen LogP contribution < -0.4 is 10.5 Å². The summed E-state index contributed by atoms with van der Waals surface area (Å²) in [6.07, 6.45) is 0. The highest BCUT2D eigenvalue weighted by Gasteiger charge is 2.28. The van der Waals surface area contributed by atoms with E-state index in [1.807, 2.05) is 19.9 Å². The summed E-state index contributed by atoms with van der Waals surface area (Å²) in [5, 5.41) is 8.42. The molecular formula is C13H20N2O4S. The molecule has 0 spiro atoms. The van der Waals surface area contributed by atoms with Gasteiger partial charge in [-0.2, -0.15) is 0 Å². The largest absolute Gasteiger partial charge is 0.377 e. The molecule has 6 nitrogen and oxygen atoms in total. The third kappa shape index (κ3) is 3.49. The molecular weight excluding hydrogens is 280 g/mol. The Morgan fingerprint density at radius 3 is 2.45 bits per heavy atom. The van der Waals surface area contributed by atoms with Crippen LogP contribution in [0.5, 0.6) is 0 Å². The minimum Gasteiger partial charge on any atom is -0.377 e. The monoisotopic (exact) mass is 300 g/mol. The molecule has 1 aromatic rings. The van der Waals surface area contributed by atoms with E-state index < -0.39 is 15.8 Å². The SMILES string of the molecule is Cc1c(NC2COC(C)(C)OC2)cccc1S(N)(=O)=O. The van der Waals surface area contributed by atoms with Crippen LogP contribution in [0.1, 0.15) is 19.4 Å². The average Bonchev–Trinajstić information content (AvgIpc) is 2.33. The molecule has 0 saturated carbocycles. The molecule has 1 aromatic carbocycles. The number of rotatable bonds is 3. The Morgan fingerprint density at radius 1 is 1.30 bits per heavy atom. The van der Waals surface area contributed by atoms with E-state index in [9.17, 15) is 8.42 Å². The lowest BCUT2D eigenvalue weighted by molar-refractivity contribution is -0.247. The molecule has 0 aromatic heterocycles. The lowest BCUT2D eigenvalue weighted by Crippen LogP contribution is -2.45. The summed E-state index contributed by atoms with van der Waals surface area (Å²) in [5.41, 5.74) is 1.31. The summed E-state index contributed by atoms with van der Waals surface area (Å²) < 4.78 is 34.1. The van der Waals surface area contributed by atoms with Crippen LogP contribution in [0.2, 0.25) is 0 Å². The second kappa shape index (κ2) is 5.33. The van der Waals surface area contributed by atoms with Crippen molar-refractivity contribution in [2.24, 2.45) is 5.14 Å². The lowest BCUT2D eigenvalue weighted by Gasteiger charge is -2.35. The smallest absolute Gasteiger partial charge is 0.238 e. The number of hydrogen-bond acceptors (Lipinski definition) is 5. The first-order chi connectivity index (χ1) is 9.19. The molecule has 1 saturated heterocycles. The van der Waals surface area contributed by atoms with Gasteiger partial charge in [0, 0.05) is 5.69 Å². The van der Waals surface area contributed by atoms with Crippen LogP contribution in [-0.2, 0) is 19.5 Å². The van der Waals surface area contributed by atoms with Crippen molar-refractivity contribution in [3.8, 4) is 0 Å². The van der Waals surface area contributed by atoms with Crippen molar-refractivity contribution in [3.05, 3.63) is 23.8 Å². The average molecular weight is 300 g/mol. The van der Waals surface area contributed by atoms with Gasteiger partial charge in [0.2, 0.25) is 10.0 Å². The van der Waals surface area contributed by atoms with E-state index in [0.29, 0.717) is 24.5 Å². The lowest BCUT2D eigenvalue weighted by atomic mass is 10.1. The number of sulfonamides is 1. The van der Waals surface area contributed by atoms with Gasteiger partial charge in [-0.1, -0.05) is 6.07 Å². The summed E-state index contributed by atoms with van der Waals surface area (Å²) in [4.78, 5) is 0.125. The second-order valence-corrected chi connectivity index (χ2v) is 6.87. The fourth-order valence-corrected chi connectivity index (χ4v) is 2.88. The first-order valence-corrected chi connectivity index (χ1v) is 7.90. The Labute approximate surface area is 119 Å². The number of hydrogen-bond donors (Lipinski definition) is 2. The summed E-state index contributed by atoms with van der Waals surface area (Å²) in [7, 11) is -3.72. The Bertz CT molecular complexity index is 588. The Kier molecular flexibility index (Phi) is 4.06. The van der Waals surface area contributed by atoms with Crippen LogP contribution >= 0.6 is 0 Å². The maximum Gasteiger partial charge on any atom is 0.238 e. The summed E-state index contributed by atoms with van der Waals surface area (Å²) in [6, 6.07) is 4.93. The molecule has 1 heterocycles. The minimum atomic E-state index is -3.72. The van der Waals surface area contributed by atoms with Crippen molar-refractivity contribution >= 4 is 15.7 Å². The molecule has 0 amide bonds. The van der Waals surface area contributed by atoms with Crippen LogP contribution in [0.15, 0.2) is 23.1 Å². The summed E-state index contributed by atoms with van der Waals surface area (Å²) in [6.45, 7) is 6.42. The number of primary sulfonamides is 1. The van der Waals surface area contributed by atoms with Crippen LogP contribution in [0.3, 0.4) is 0 Å². The molecule has 1 aliphatic heterocycles. The van der Waals surface area contributed by atoms with Gasteiger partial charge in [-0.15, -0.1) is 0 Å². The van der Waals surface area contributed by atoms with Crippen molar-refractivity contribution in [2.45, 2.75) is 37.5 Å². The molecule has 0 radical (unpaired) electrons. The van der Waals surface area contributed by atoms with E-state index in [4.69, 9.17) is 14.6 Å². The first-order valence-electron chi connectivity index (χ1n) is 6.36. The van der Waals surface area contributed by atoms with Crippen molar-refractivity contribution in [1.82, 2.24) is 0 Å². The van der Waals surface area contributed by atoms with Gasteiger partial charge in [0.15, 0.2) is 5.79 Å². The van der Waals surface area contributed by atoms with Crippen molar-refractivity contribution in [2.75, 3.05) is 18.5 Å². The second-order valence-electron chi connectivity index (χ2n) is 5.34. The fourth-order valence-electron chi connectivity index (χ4n) is 2.07. The Hall–Kier alpha value is -1.15. The molecule has 20 heavy (non-hydrogen) atoms. The number of benzene rings is 1. The van der Waals surface area contributed by atoms with Crippen molar-refractivity contribution in [1.29, 1.82) is 0 Å². The number of ether oxygens (including phenoxy) is 2. The van der Waals surface area contributed by atoms with Crippen LogP contribution in [-0.4, -0.2) is 33.5 Å². The third-order valence-electron chi connectivity index (χ3n) is 3.21. The van der Waals surface area contributed by atoms with Crippen molar-refractivity contribution in [3.63, 3.8) is 0 Å². The highest BCUT2D eigenvalue weighted by molar-refractivity contribution is 7.89. The standard InChI is InChI=1S/C13H20N2O4S/c1-9-11(5-4-6-12(9)20(14,16)17)15-10-7-18-13(2,3)19-8-10/h4-6,10,15H,7-8H2,1-3H3,(H2,14,16,17). The van der Waals surface area contributed by atoms with Crippen LogP contribution in [0.4, 0.5) is 5.69 Å². The molecule has 112 valence electrons. The zero-order chi connectivity index (χ0) is 15.0. The molecule has 7 heteroatoms. The van der Waals surface area contributed by atoms with E-state index in [0.717, 1.165) is 0 Å². The van der Waals surface area contributed by atoms with E-state index in [2.05, 4.69) is 5.32 Å². The quantitative estimate of drug-likeness (QED) is 0.875.